The number of ether oxygens (including phenoxy) is 3. The lowest BCUT2D eigenvalue weighted by Gasteiger charge is -2.13. The fourth-order valence-electron chi connectivity index (χ4n) is 1.49. The molecular weight excluding hydrogens is 339 g/mol. The van der Waals surface area contributed by atoms with Crippen LogP contribution in [0, 0.1) is 0 Å². The summed E-state index contributed by atoms with van der Waals surface area (Å²) in [7, 11) is 2.87. The third-order valence-corrected chi connectivity index (χ3v) is 2.80. The van der Waals surface area contributed by atoms with Crippen LogP contribution in [0.5, 0.6) is 5.75 Å². The number of halogens is 3. The summed E-state index contributed by atoms with van der Waals surface area (Å²) in [4.78, 5) is 11.4. The lowest BCUT2D eigenvalue weighted by atomic mass is 10.1. The van der Waals surface area contributed by atoms with Crippen molar-refractivity contribution in [3.8, 4) is 5.75 Å². The highest BCUT2D eigenvalue weighted by atomic mass is 35.6. The van der Waals surface area contributed by atoms with Crippen molar-refractivity contribution in [1.82, 2.24) is 0 Å². The van der Waals surface area contributed by atoms with E-state index in [-0.39, 0.29) is 13.2 Å². The van der Waals surface area contributed by atoms with Crippen molar-refractivity contribution in [1.29, 1.82) is 0 Å². The molecule has 1 aromatic rings. The smallest absolute Gasteiger partial charge is 0.330 e. The molecule has 0 spiro atoms. The molecular formula is C14H15Cl3O4. The van der Waals surface area contributed by atoms with E-state index in [9.17, 15) is 4.79 Å². The first-order chi connectivity index (χ1) is 9.85. The molecule has 0 atom stereocenters. The van der Waals surface area contributed by atoms with Gasteiger partial charge in [0.05, 0.1) is 27.4 Å². The summed E-state index contributed by atoms with van der Waals surface area (Å²) in [5.41, 5.74) is 1.39. The van der Waals surface area contributed by atoms with Crippen molar-refractivity contribution >= 4 is 46.3 Å². The second-order valence-electron chi connectivity index (χ2n) is 4.03. The highest BCUT2D eigenvalue weighted by Crippen LogP contribution is 2.27. The number of esters is 1. The first-order valence-electron chi connectivity index (χ1n) is 5.93. The molecule has 0 radical (unpaired) electrons. The van der Waals surface area contributed by atoms with Crippen LogP contribution in [-0.4, -0.2) is 37.2 Å². The van der Waals surface area contributed by atoms with Crippen molar-refractivity contribution in [3.63, 3.8) is 0 Å². The molecule has 0 saturated carbocycles. The van der Waals surface area contributed by atoms with Crippen LogP contribution in [0.4, 0.5) is 0 Å². The topological polar surface area (TPSA) is 44.8 Å². The zero-order valence-electron chi connectivity index (χ0n) is 11.6. The van der Waals surface area contributed by atoms with E-state index in [1.54, 1.807) is 31.4 Å². The van der Waals surface area contributed by atoms with E-state index in [1.807, 2.05) is 0 Å². The predicted molar refractivity (Wildman–Crippen MR) is 84.1 cm³/mol. The lowest BCUT2D eigenvalue weighted by Crippen LogP contribution is -2.14. The van der Waals surface area contributed by atoms with Crippen LogP contribution in [0.15, 0.2) is 30.3 Å². The lowest BCUT2D eigenvalue weighted by molar-refractivity contribution is -0.134. The van der Waals surface area contributed by atoms with E-state index in [0.29, 0.717) is 11.3 Å². The second-order valence-corrected chi connectivity index (χ2v) is 6.55. The molecule has 4 nitrogen and oxygen atoms in total. The number of hydrogen-bond acceptors (Lipinski definition) is 4. The molecule has 0 amide bonds. The number of carbonyl (C=O) groups is 1. The van der Waals surface area contributed by atoms with Gasteiger partial charge in [0.1, 0.15) is 5.75 Å². The first-order valence-corrected chi connectivity index (χ1v) is 7.06. The Morgan fingerprint density at radius 2 is 1.81 bits per heavy atom. The van der Waals surface area contributed by atoms with Gasteiger partial charge < -0.3 is 14.2 Å². The molecule has 1 rings (SSSR count). The van der Waals surface area contributed by atoms with Crippen LogP contribution in [-0.2, 0) is 14.3 Å². The minimum absolute atomic E-state index is 0.0909. The van der Waals surface area contributed by atoms with Gasteiger partial charge >= 0.3 is 5.97 Å². The predicted octanol–water partition coefficient (Wildman–Crippen LogP) is 3.64. The Bertz CT molecular complexity index is 492. The molecule has 1 aromatic carbocycles. The van der Waals surface area contributed by atoms with E-state index in [4.69, 9.17) is 44.3 Å². The Labute approximate surface area is 138 Å². The summed E-state index contributed by atoms with van der Waals surface area (Å²) in [5.74, 6) is 0.219. The molecule has 0 aliphatic carbocycles. The normalized spacial score (nSPS) is 12.1. The van der Waals surface area contributed by atoms with Gasteiger partial charge in [-0.3, -0.25) is 0 Å². The van der Waals surface area contributed by atoms with E-state index < -0.39 is 9.76 Å². The molecule has 0 N–H and O–H groups in total. The standard InChI is InChI=1S/C14H15Cl3O4/c1-19-12-5-3-10(4-6-12)11(7-13(18)20-2)8-21-9-14(15,16)17/h3-7H,8-9H2,1-2H3/b11-7+. The van der Waals surface area contributed by atoms with Gasteiger partial charge in [-0.05, 0) is 23.3 Å². The van der Waals surface area contributed by atoms with Crippen LogP contribution < -0.4 is 4.74 Å². The number of carbonyl (C=O) groups excluding carboxylic acids is 1. The Morgan fingerprint density at radius 3 is 2.29 bits per heavy atom. The van der Waals surface area contributed by atoms with Crippen molar-refractivity contribution in [3.05, 3.63) is 35.9 Å². The molecule has 0 fully saturated rings. The summed E-state index contributed by atoms with van der Waals surface area (Å²) in [5, 5.41) is 0. The van der Waals surface area contributed by atoms with Gasteiger partial charge in [0.25, 0.3) is 0 Å². The molecule has 21 heavy (non-hydrogen) atoms. The maximum Gasteiger partial charge on any atom is 0.330 e. The summed E-state index contributed by atoms with van der Waals surface area (Å²) in [6.07, 6.45) is 1.33. The third-order valence-electron chi connectivity index (χ3n) is 2.48. The molecule has 0 saturated heterocycles. The molecule has 0 aliphatic heterocycles. The first kappa shape index (κ1) is 18.1. The molecule has 0 aromatic heterocycles. The molecule has 116 valence electrons. The summed E-state index contributed by atoms with van der Waals surface area (Å²) in [6, 6.07) is 7.14. The van der Waals surface area contributed by atoms with Gasteiger partial charge in [-0.2, -0.15) is 0 Å². The van der Waals surface area contributed by atoms with Gasteiger partial charge in [0.15, 0.2) is 0 Å². The van der Waals surface area contributed by atoms with Gasteiger partial charge in [-0.1, -0.05) is 46.9 Å². The fourth-order valence-corrected chi connectivity index (χ4v) is 1.72. The van der Waals surface area contributed by atoms with Gasteiger partial charge in [-0.25, -0.2) is 4.79 Å². The van der Waals surface area contributed by atoms with Gasteiger partial charge in [0.2, 0.25) is 3.79 Å². The Morgan fingerprint density at radius 1 is 1.19 bits per heavy atom. The van der Waals surface area contributed by atoms with Crippen LogP contribution >= 0.6 is 34.8 Å². The third kappa shape index (κ3) is 7.05. The van der Waals surface area contributed by atoms with Crippen molar-refractivity contribution in [2.24, 2.45) is 0 Å². The number of benzene rings is 1. The maximum absolute atomic E-state index is 11.4. The zero-order valence-corrected chi connectivity index (χ0v) is 13.8. The van der Waals surface area contributed by atoms with Crippen LogP contribution in [0.2, 0.25) is 0 Å². The minimum Gasteiger partial charge on any atom is -0.497 e. The number of methoxy groups -OCH3 is 2. The van der Waals surface area contributed by atoms with E-state index >= 15 is 0 Å². The van der Waals surface area contributed by atoms with Gasteiger partial charge in [0, 0.05) is 6.08 Å². The Kier molecular flexibility index (Phi) is 7.32. The Hall–Kier alpha value is -0.940. The summed E-state index contributed by atoms with van der Waals surface area (Å²) in [6.45, 7) is 0.0155. The zero-order chi connectivity index (χ0) is 15.9. The highest BCUT2D eigenvalue weighted by molar-refractivity contribution is 6.67. The van der Waals surface area contributed by atoms with Crippen molar-refractivity contribution < 1.29 is 19.0 Å². The quantitative estimate of drug-likeness (QED) is 0.445. The minimum atomic E-state index is -1.50. The average molecular weight is 354 g/mol. The Balaban J connectivity index is 2.86. The fraction of sp³-hybridized carbons (Fsp3) is 0.357. The number of rotatable bonds is 6. The monoisotopic (exact) mass is 352 g/mol. The molecule has 0 heterocycles. The van der Waals surface area contributed by atoms with E-state index in [2.05, 4.69) is 4.74 Å². The van der Waals surface area contributed by atoms with Gasteiger partial charge in [-0.15, -0.1) is 0 Å². The number of hydrogen-bond donors (Lipinski definition) is 0. The largest absolute Gasteiger partial charge is 0.497 e. The number of alkyl halides is 3. The highest BCUT2D eigenvalue weighted by Gasteiger charge is 2.20. The summed E-state index contributed by atoms with van der Waals surface area (Å²) < 4.78 is 13.5. The maximum atomic E-state index is 11.4. The van der Waals surface area contributed by atoms with Crippen LogP contribution in [0.3, 0.4) is 0 Å². The summed E-state index contributed by atoms with van der Waals surface area (Å²) >= 11 is 16.8. The molecule has 0 aliphatic rings. The average Bonchev–Trinajstić information content (AvgIpc) is 2.45. The molecule has 7 heteroatoms. The van der Waals surface area contributed by atoms with Crippen LogP contribution in [0.1, 0.15) is 5.56 Å². The molecule has 0 unspecified atom stereocenters. The molecule has 0 bridgehead atoms. The SMILES string of the molecule is COC(=O)/C=C(\COCC(Cl)(Cl)Cl)c1ccc(OC)cc1. The van der Waals surface area contributed by atoms with Crippen LogP contribution in [0.25, 0.3) is 5.57 Å². The second kappa shape index (κ2) is 8.49. The van der Waals surface area contributed by atoms with E-state index in [0.717, 1.165) is 5.56 Å². The van der Waals surface area contributed by atoms with E-state index in [1.165, 1.54) is 13.2 Å². The van der Waals surface area contributed by atoms with Crippen molar-refractivity contribution in [2.75, 3.05) is 27.4 Å². The van der Waals surface area contributed by atoms with Crippen molar-refractivity contribution in [2.45, 2.75) is 3.79 Å².